The number of carbonyl (C=O) groups is 1. The molecule has 1 aromatic heterocycles. The highest BCUT2D eigenvalue weighted by molar-refractivity contribution is 5.94. The molecule has 1 aliphatic rings. The van der Waals surface area contributed by atoms with E-state index in [2.05, 4.69) is 20.0 Å². The summed E-state index contributed by atoms with van der Waals surface area (Å²) in [5.74, 6) is -0.138. The minimum Gasteiger partial charge on any atom is -0.465 e. The summed E-state index contributed by atoms with van der Waals surface area (Å²) in [5, 5.41) is 12.8. The van der Waals surface area contributed by atoms with Crippen LogP contribution in [0.4, 0.5) is 5.82 Å². The van der Waals surface area contributed by atoms with E-state index >= 15 is 0 Å². The number of nitrogens with one attached hydrogen (secondary N) is 1. The normalized spacial score (nSPS) is 17.8. The van der Waals surface area contributed by atoms with E-state index in [0.717, 1.165) is 0 Å². The molecular formula is C12H17N3O4. The Bertz CT molecular complexity index is 446. The van der Waals surface area contributed by atoms with Gasteiger partial charge in [-0.15, -0.1) is 0 Å². The van der Waals surface area contributed by atoms with E-state index in [0.29, 0.717) is 31.9 Å². The predicted molar refractivity (Wildman–Crippen MR) is 66.9 cm³/mol. The molecule has 0 atom stereocenters. The summed E-state index contributed by atoms with van der Waals surface area (Å²) < 4.78 is 9.97. The second kappa shape index (κ2) is 5.94. The second-order valence-electron chi connectivity index (χ2n) is 4.45. The number of nitrogens with zero attached hydrogens (tertiary/aromatic N) is 2. The van der Waals surface area contributed by atoms with Crippen molar-refractivity contribution in [2.45, 2.75) is 18.4 Å². The molecule has 7 nitrogen and oxygen atoms in total. The number of aliphatic hydroxyl groups excluding tert-OH is 1. The summed E-state index contributed by atoms with van der Waals surface area (Å²) in [5.41, 5.74) is -0.264. The lowest BCUT2D eigenvalue weighted by Crippen LogP contribution is -2.47. The maximum absolute atomic E-state index is 11.6. The lowest BCUT2D eigenvalue weighted by molar-refractivity contribution is 0.0377. The lowest BCUT2D eigenvalue weighted by Gasteiger charge is -2.37. The fourth-order valence-corrected chi connectivity index (χ4v) is 2.02. The lowest BCUT2D eigenvalue weighted by atomic mass is 9.91. The average Bonchev–Trinajstić information content (AvgIpc) is 2.48. The molecule has 1 fully saturated rings. The highest BCUT2D eigenvalue weighted by atomic mass is 16.5. The maximum atomic E-state index is 11.6. The largest absolute Gasteiger partial charge is 0.465 e. The number of anilines is 1. The second-order valence-corrected chi connectivity index (χ2v) is 4.45. The molecule has 2 N–H and O–H groups in total. The molecular weight excluding hydrogens is 250 g/mol. The Morgan fingerprint density at radius 3 is 2.95 bits per heavy atom. The SMILES string of the molecule is COC(=O)c1cncnc1NC1(CO)CCOCC1. The molecule has 7 heteroatoms. The van der Waals surface area contributed by atoms with E-state index < -0.39 is 11.5 Å². The van der Waals surface area contributed by atoms with Gasteiger partial charge in [0.05, 0.1) is 19.3 Å². The monoisotopic (exact) mass is 267 g/mol. The zero-order valence-corrected chi connectivity index (χ0v) is 10.8. The number of aromatic nitrogens is 2. The first-order valence-electron chi connectivity index (χ1n) is 6.06. The van der Waals surface area contributed by atoms with Crippen molar-refractivity contribution in [2.75, 3.05) is 32.2 Å². The Labute approximate surface area is 111 Å². The summed E-state index contributed by atoms with van der Waals surface area (Å²) in [6.07, 6.45) is 4.03. The van der Waals surface area contributed by atoms with Crippen LogP contribution in [0.15, 0.2) is 12.5 Å². The molecule has 2 rings (SSSR count). The van der Waals surface area contributed by atoms with Gasteiger partial charge in [0, 0.05) is 19.4 Å². The van der Waals surface area contributed by atoms with Crippen molar-refractivity contribution >= 4 is 11.8 Å². The fourth-order valence-electron chi connectivity index (χ4n) is 2.02. The number of ether oxygens (including phenoxy) is 2. The summed E-state index contributed by atoms with van der Waals surface area (Å²) in [7, 11) is 1.30. The third kappa shape index (κ3) is 2.99. The molecule has 0 spiro atoms. The van der Waals surface area contributed by atoms with Crippen LogP contribution in [0, 0.1) is 0 Å². The van der Waals surface area contributed by atoms with Crippen molar-refractivity contribution in [3.05, 3.63) is 18.1 Å². The van der Waals surface area contributed by atoms with Crippen molar-refractivity contribution < 1.29 is 19.4 Å². The fraction of sp³-hybridized carbons (Fsp3) is 0.583. The number of rotatable bonds is 4. The van der Waals surface area contributed by atoms with Crippen LogP contribution in [-0.4, -0.2) is 53.5 Å². The van der Waals surface area contributed by atoms with E-state index in [1.54, 1.807) is 0 Å². The van der Waals surface area contributed by atoms with Crippen LogP contribution in [0.5, 0.6) is 0 Å². The van der Waals surface area contributed by atoms with Gasteiger partial charge in [-0.2, -0.15) is 0 Å². The first kappa shape index (κ1) is 13.7. The van der Waals surface area contributed by atoms with Crippen molar-refractivity contribution in [3.8, 4) is 0 Å². The minimum atomic E-state index is -0.518. The van der Waals surface area contributed by atoms with Crippen LogP contribution in [0.2, 0.25) is 0 Å². The Morgan fingerprint density at radius 2 is 2.32 bits per heavy atom. The third-order valence-corrected chi connectivity index (χ3v) is 3.25. The molecule has 0 radical (unpaired) electrons. The predicted octanol–water partition coefficient (Wildman–Crippen LogP) is 0.217. The third-order valence-electron chi connectivity index (χ3n) is 3.25. The van der Waals surface area contributed by atoms with Crippen LogP contribution in [0.1, 0.15) is 23.2 Å². The Kier molecular flexibility index (Phi) is 4.28. The Morgan fingerprint density at radius 1 is 1.58 bits per heavy atom. The van der Waals surface area contributed by atoms with Crippen molar-refractivity contribution in [1.29, 1.82) is 0 Å². The maximum Gasteiger partial charge on any atom is 0.343 e. The smallest absolute Gasteiger partial charge is 0.343 e. The molecule has 1 aromatic rings. The highest BCUT2D eigenvalue weighted by Gasteiger charge is 2.33. The molecule has 0 aromatic carbocycles. The number of hydrogen-bond donors (Lipinski definition) is 2. The van der Waals surface area contributed by atoms with Gasteiger partial charge in [-0.3, -0.25) is 0 Å². The quantitative estimate of drug-likeness (QED) is 0.753. The molecule has 19 heavy (non-hydrogen) atoms. The number of esters is 1. The van der Waals surface area contributed by atoms with Gasteiger partial charge >= 0.3 is 5.97 Å². The first-order chi connectivity index (χ1) is 9.21. The summed E-state index contributed by atoms with van der Waals surface area (Å²) in [6, 6.07) is 0. The van der Waals surface area contributed by atoms with Gasteiger partial charge in [0.15, 0.2) is 0 Å². The molecule has 0 saturated carbocycles. The average molecular weight is 267 g/mol. The van der Waals surface area contributed by atoms with Gasteiger partial charge in [-0.1, -0.05) is 0 Å². The van der Waals surface area contributed by atoms with Gasteiger partial charge in [0.2, 0.25) is 0 Å². The summed E-state index contributed by atoms with van der Waals surface area (Å²) in [6.45, 7) is 1.07. The van der Waals surface area contributed by atoms with Crippen LogP contribution < -0.4 is 5.32 Å². The Balaban J connectivity index is 2.24. The van der Waals surface area contributed by atoms with Crippen molar-refractivity contribution in [1.82, 2.24) is 9.97 Å². The van der Waals surface area contributed by atoms with E-state index in [9.17, 15) is 9.90 Å². The van der Waals surface area contributed by atoms with E-state index in [1.165, 1.54) is 19.6 Å². The van der Waals surface area contributed by atoms with Gasteiger partial charge in [-0.25, -0.2) is 14.8 Å². The minimum absolute atomic E-state index is 0.0546. The van der Waals surface area contributed by atoms with Gasteiger partial charge in [0.1, 0.15) is 17.7 Å². The molecule has 0 bridgehead atoms. The van der Waals surface area contributed by atoms with Crippen molar-refractivity contribution in [2.24, 2.45) is 0 Å². The number of methoxy groups -OCH3 is 1. The number of hydrogen-bond acceptors (Lipinski definition) is 7. The molecule has 1 saturated heterocycles. The molecule has 104 valence electrons. The van der Waals surface area contributed by atoms with Gasteiger partial charge in [-0.05, 0) is 12.8 Å². The topological polar surface area (TPSA) is 93.6 Å². The van der Waals surface area contributed by atoms with Crippen molar-refractivity contribution in [3.63, 3.8) is 0 Å². The molecule has 0 aliphatic carbocycles. The summed E-state index contributed by atoms with van der Waals surface area (Å²) >= 11 is 0. The van der Waals surface area contributed by atoms with Crippen LogP contribution in [0.3, 0.4) is 0 Å². The number of aliphatic hydroxyl groups is 1. The molecule has 1 aliphatic heterocycles. The highest BCUT2D eigenvalue weighted by Crippen LogP contribution is 2.26. The molecule has 2 heterocycles. The Hall–Kier alpha value is -1.73. The van der Waals surface area contributed by atoms with E-state index in [-0.39, 0.29) is 12.2 Å². The van der Waals surface area contributed by atoms with Crippen LogP contribution in [0.25, 0.3) is 0 Å². The van der Waals surface area contributed by atoms with Gasteiger partial charge < -0.3 is 19.9 Å². The summed E-state index contributed by atoms with van der Waals surface area (Å²) in [4.78, 5) is 19.5. The standard InChI is InChI=1S/C12H17N3O4/c1-18-11(17)9-6-13-8-14-10(9)15-12(7-16)2-4-19-5-3-12/h6,8,16H,2-5,7H2,1H3,(H,13,14,15). The first-order valence-corrected chi connectivity index (χ1v) is 6.06. The van der Waals surface area contributed by atoms with E-state index in [1.807, 2.05) is 0 Å². The zero-order chi connectivity index (χ0) is 13.7. The van der Waals surface area contributed by atoms with Crippen LogP contribution in [-0.2, 0) is 9.47 Å². The zero-order valence-electron chi connectivity index (χ0n) is 10.8. The van der Waals surface area contributed by atoms with E-state index in [4.69, 9.17) is 4.74 Å². The van der Waals surface area contributed by atoms with Crippen LogP contribution >= 0.6 is 0 Å². The number of carbonyl (C=O) groups excluding carboxylic acids is 1. The van der Waals surface area contributed by atoms with Gasteiger partial charge in [0.25, 0.3) is 0 Å². The molecule has 0 unspecified atom stereocenters. The molecule has 0 amide bonds.